The third kappa shape index (κ3) is 3.62. The van der Waals surface area contributed by atoms with E-state index < -0.39 is 0 Å². The van der Waals surface area contributed by atoms with Crippen molar-refractivity contribution < 1.29 is 4.79 Å². The van der Waals surface area contributed by atoms with Crippen LogP contribution in [0.25, 0.3) is 0 Å². The van der Waals surface area contributed by atoms with E-state index in [0.29, 0.717) is 0 Å². The minimum atomic E-state index is -0.328. The first-order chi connectivity index (χ1) is 9.66. The van der Waals surface area contributed by atoms with E-state index in [2.05, 4.69) is 31.2 Å². The van der Waals surface area contributed by atoms with E-state index >= 15 is 0 Å². The highest BCUT2D eigenvalue weighted by Gasteiger charge is 2.38. The van der Waals surface area contributed by atoms with Crippen molar-refractivity contribution in [2.24, 2.45) is 11.1 Å². The van der Waals surface area contributed by atoms with Gasteiger partial charge in [0.25, 0.3) is 0 Å². The zero-order valence-corrected chi connectivity index (χ0v) is 12.7. The van der Waals surface area contributed by atoms with E-state index in [1.165, 1.54) is 43.2 Å². The van der Waals surface area contributed by atoms with Crippen molar-refractivity contribution in [1.82, 2.24) is 0 Å². The Morgan fingerprint density at radius 1 is 1.10 bits per heavy atom. The minimum Gasteiger partial charge on any atom is -0.369 e. The summed E-state index contributed by atoms with van der Waals surface area (Å²) in [4.78, 5) is 12.0. The zero-order valence-electron chi connectivity index (χ0n) is 12.7. The van der Waals surface area contributed by atoms with Gasteiger partial charge < -0.3 is 5.73 Å². The average molecular weight is 273 g/mol. The number of benzene rings is 1. The Bertz CT molecular complexity index is 431. The molecule has 2 N–H and O–H groups in total. The molecule has 0 saturated heterocycles. The number of rotatable bonds is 8. The monoisotopic (exact) mass is 273 g/mol. The molecule has 0 atom stereocenters. The number of carbonyl (C=O) groups is 1. The van der Waals surface area contributed by atoms with Gasteiger partial charge >= 0.3 is 0 Å². The first-order valence-corrected chi connectivity index (χ1v) is 8.04. The van der Waals surface area contributed by atoms with Gasteiger partial charge in [0.05, 0.1) is 5.41 Å². The van der Waals surface area contributed by atoms with Gasteiger partial charge in [0.2, 0.25) is 5.91 Å². The number of unbranched alkanes of at least 4 members (excludes halogenated alkanes) is 5. The summed E-state index contributed by atoms with van der Waals surface area (Å²) in [5.41, 5.74) is 7.95. The maximum Gasteiger partial charge on any atom is 0.224 e. The van der Waals surface area contributed by atoms with Gasteiger partial charge in [-0.1, -0.05) is 69.7 Å². The maximum atomic E-state index is 12.0. The highest BCUT2D eigenvalue weighted by molar-refractivity contribution is 5.82. The summed E-state index contributed by atoms with van der Waals surface area (Å²) in [5.74, 6) is -0.113. The van der Waals surface area contributed by atoms with Crippen LogP contribution in [0.4, 0.5) is 0 Å². The minimum absolute atomic E-state index is 0.113. The molecule has 0 unspecified atom stereocenters. The van der Waals surface area contributed by atoms with Gasteiger partial charge in [-0.05, 0) is 30.4 Å². The summed E-state index contributed by atoms with van der Waals surface area (Å²) in [6.07, 6.45) is 10.1. The van der Waals surface area contributed by atoms with Crippen LogP contribution in [0.3, 0.4) is 0 Å². The van der Waals surface area contributed by atoms with E-state index in [-0.39, 0.29) is 11.3 Å². The van der Waals surface area contributed by atoms with Crippen molar-refractivity contribution >= 4 is 5.91 Å². The van der Waals surface area contributed by atoms with Gasteiger partial charge in [-0.15, -0.1) is 0 Å². The van der Waals surface area contributed by atoms with Crippen molar-refractivity contribution in [2.45, 2.75) is 64.7 Å². The molecule has 1 aromatic rings. The van der Waals surface area contributed by atoms with Crippen LogP contribution in [0, 0.1) is 5.41 Å². The maximum absolute atomic E-state index is 12.0. The lowest BCUT2D eigenvalue weighted by molar-refractivity contribution is -0.128. The number of fused-ring (bicyclic) bond motifs is 2. The summed E-state index contributed by atoms with van der Waals surface area (Å²) >= 11 is 0. The van der Waals surface area contributed by atoms with E-state index in [4.69, 9.17) is 5.73 Å². The van der Waals surface area contributed by atoms with Crippen LogP contribution in [-0.4, -0.2) is 5.91 Å². The molecule has 0 radical (unpaired) electrons. The van der Waals surface area contributed by atoms with E-state index in [1.807, 2.05) is 0 Å². The predicted molar refractivity (Wildman–Crippen MR) is 83.5 cm³/mol. The number of amides is 1. The fraction of sp³-hybridized carbons (Fsp3) is 0.611. The lowest BCUT2D eigenvalue weighted by Crippen LogP contribution is -2.42. The molecular weight excluding hydrogens is 246 g/mol. The van der Waals surface area contributed by atoms with Gasteiger partial charge in [-0.2, -0.15) is 0 Å². The molecule has 0 aromatic heterocycles. The average Bonchev–Trinajstić information content (AvgIpc) is 2.42. The number of hydrogen-bond acceptors (Lipinski definition) is 1. The molecule has 1 aliphatic rings. The van der Waals surface area contributed by atoms with Crippen molar-refractivity contribution in [2.75, 3.05) is 0 Å². The van der Waals surface area contributed by atoms with Crippen molar-refractivity contribution in [3.05, 3.63) is 35.4 Å². The van der Waals surface area contributed by atoms with Crippen LogP contribution in [0.2, 0.25) is 0 Å². The van der Waals surface area contributed by atoms with Crippen LogP contribution < -0.4 is 5.73 Å². The predicted octanol–water partition coefficient (Wildman–Crippen LogP) is 4.01. The summed E-state index contributed by atoms with van der Waals surface area (Å²) in [7, 11) is 0. The third-order valence-corrected chi connectivity index (χ3v) is 4.61. The van der Waals surface area contributed by atoms with Crippen LogP contribution >= 0.6 is 0 Å². The van der Waals surface area contributed by atoms with E-state index in [0.717, 1.165) is 25.7 Å². The van der Waals surface area contributed by atoms with Gasteiger partial charge in [0, 0.05) is 0 Å². The Balaban J connectivity index is 1.90. The molecule has 0 spiro atoms. The molecule has 110 valence electrons. The standard InChI is InChI=1S/C18H27NO/c1-2-3-4-5-6-7-11-18(17(19)20)13-15-9-8-10-16(12-15)14-18/h8-10,12H,2-7,11,13-14H2,1H3,(H2,19,20). The molecule has 0 fully saturated rings. The third-order valence-electron chi connectivity index (χ3n) is 4.61. The second-order valence-electron chi connectivity index (χ2n) is 6.34. The number of hydrogen-bond donors (Lipinski definition) is 1. The second kappa shape index (κ2) is 6.92. The quantitative estimate of drug-likeness (QED) is 0.715. The fourth-order valence-corrected chi connectivity index (χ4v) is 3.41. The van der Waals surface area contributed by atoms with Crippen molar-refractivity contribution in [1.29, 1.82) is 0 Å². The second-order valence-corrected chi connectivity index (χ2v) is 6.34. The molecule has 1 aromatic carbocycles. The van der Waals surface area contributed by atoms with Crippen LogP contribution in [0.5, 0.6) is 0 Å². The molecular formula is C18H27NO. The molecule has 2 bridgehead atoms. The Hall–Kier alpha value is -1.31. The Morgan fingerprint density at radius 2 is 1.70 bits per heavy atom. The first-order valence-electron chi connectivity index (χ1n) is 8.04. The molecule has 20 heavy (non-hydrogen) atoms. The van der Waals surface area contributed by atoms with Crippen LogP contribution in [0.1, 0.15) is 63.0 Å². The molecule has 2 rings (SSSR count). The number of nitrogens with two attached hydrogens (primary N) is 1. The molecule has 0 aliphatic heterocycles. The van der Waals surface area contributed by atoms with E-state index in [1.54, 1.807) is 0 Å². The van der Waals surface area contributed by atoms with Gasteiger partial charge in [-0.25, -0.2) is 0 Å². The Kier molecular flexibility index (Phi) is 5.22. The molecule has 1 amide bonds. The van der Waals surface area contributed by atoms with Crippen molar-refractivity contribution in [3.8, 4) is 0 Å². The van der Waals surface area contributed by atoms with Crippen molar-refractivity contribution in [3.63, 3.8) is 0 Å². The number of primary amides is 1. The zero-order chi connectivity index (χ0) is 14.4. The van der Waals surface area contributed by atoms with Gasteiger partial charge in [0.1, 0.15) is 0 Å². The molecule has 0 saturated carbocycles. The lowest BCUT2D eigenvalue weighted by atomic mass is 9.69. The normalized spacial score (nSPS) is 16.1. The molecule has 2 heteroatoms. The SMILES string of the molecule is CCCCCCCCC1(C(N)=O)Cc2cccc(c2)C1. The van der Waals surface area contributed by atoms with E-state index in [9.17, 15) is 4.79 Å². The largest absolute Gasteiger partial charge is 0.369 e. The summed E-state index contributed by atoms with van der Waals surface area (Å²) in [6.45, 7) is 2.23. The molecule has 0 heterocycles. The van der Waals surface area contributed by atoms with Gasteiger partial charge in [0.15, 0.2) is 0 Å². The summed E-state index contributed by atoms with van der Waals surface area (Å²) < 4.78 is 0. The highest BCUT2D eigenvalue weighted by atomic mass is 16.1. The number of carbonyl (C=O) groups excluding carboxylic acids is 1. The highest BCUT2D eigenvalue weighted by Crippen LogP contribution is 2.37. The van der Waals surface area contributed by atoms with Crippen LogP contribution in [-0.2, 0) is 17.6 Å². The smallest absolute Gasteiger partial charge is 0.224 e. The Labute approximate surface area is 122 Å². The Morgan fingerprint density at radius 3 is 2.30 bits per heavy atom. The van der Waals surface area contributed by atoms with Crippen LogP contribution in [0.15, 0.2) is 24.3 Å². The fourth-order valence-electron chi connectivity index (χ4n) is 3.41. The molecule has 2 nitrogen and oxygen atoms in total. The summed E-state index contributed by atoms with van der Waals surface area (Å²) in [5, 5.41) is 0. The molecule has 1 aliphatic carbocycles. The van der Waals surface area contributed by atoms with Gasteiger partial charge in [-0.3, -0.25) is 4.79 Å². The lowest BCUT2D eigenvalue weighted by Gasteiger charge is -2.34. The summed E-state index contributed by atoms with van der Waals surface area (Å²) in [6, 6.07) is 8.52. The first kappa shape index (κ1) is 15.1. The topological polar surface area (TPSA) is 43.1 Å².